The normalized spacial score (nSPS) is 12.1. The van der Waals surface area contributed by atoms with E-state index < -0.39 is 0 Å². The second kappa shape index (κ2) is 7.11. The molecular formula is C28H23N2O+. The van der Waals surface area contributed by atoms with Crippen LogP contribution in [0.25, 0.3) is 49.2 Å². The molecule has 2 aromatic heterocycles. The first-order valence-corrected chi connectivity index (χ1v) is 10.2. The van der Waals surface area contributed by atoms with Gasteiger partial charge in [-0.05, 0) is 54.3 Å². The molecule has 2 heterocycles. The van der Waals surface area contributed by atoms with Crippen LogP contribution in [0.5, 0.6) is 0 Å². The highest BCUT2D eigenvalue weighted by molar-refractivity contribution is 6.17. The number of aryl methyl sites for hydroxylation is 1. The molecule has 5 aromatic rings. The first-order valence-electron chi connectivity index (χ1n) is 11.2. The lowest BCUT2D eigenvalue weighted by Crippen LogP contribution is -2.35. The summed E-state index contributed by atoms with van der Waals surface area (Å²) in [6.07, 6.45) is 0. The Hall–Kier alpha value is -3.90. The average molecular weight is 406 g/mol. The Morgan fingerprint density at radius 3 is 2.52 bits per heavy atom. The summed E-state index contributed by atoms with van der Waals surface area (Å²) < 4.78 is 25.6. The maximum atomic E-state index is 8.88. The minimum atomic E-state index is 0.326. The summed E-state index contributed by atoms with van der Waals surface area (Å²) in [4.78, 5) is 3.62. The van der Waals surface area contributed by atoms with Gasteiger partial charge in [-0.1, -0.05) is 36.4 Å². The number of furan rings is 1. The minimum absolute atomic E-state index is 0.326. The van der Waals surface area contributed by atoms with E-state index in [9.17, 15) is 0 Å². The molecule has 0 atom stereocenters. The molecule has 3 nitrogen and oxygen atoms in total. The van der Waals surface area contributed by atoms with E-state index in [0.717, 1.165) is 44.4 Å². The van der Waals surface area contributed by atoms with Crippen molar-refractivity contribution >= 4 is 27.6 Å². The lowest BCUT2D eigenvalue weighted by Gasteiger charge is -2.12. The van der Waals surface area contributed by atoms with Crippen molar-refractivity contribution in [1.29, 1.82) is 0 Å². The number of pyridine rings is 1. The van der Waals surface area contributed by atoms with Crippen LogP contribution in [0.1, 0.15) is 19.6 Å². The Balaban J connectivity index is 2.01. The number of rotatable bonds is 2. The molecule has 0 saturated carbocycles. The molecule has 0 amide bonds. The van der Waals surface area contributed by atoms with Gasteiger partial charge in [0.05, 0.1) is 14.9 Å². The molecule has 0 saturated heterocycles. The molecule has 31 heavy (non-hydrogen) atoms. The highest BCUT2D eigenvalue weighted by Crippen LogP contribution is 2.43. The highest BCUT2D eigenvalue weighted by Gasteiger charge is 2.24. The van der Waals surface area contributed by atoms with Crippen LogP contribution >= 0.6 is 0 Å². The van der Waals surface area contributed by atoms with Crippen molar-refractivity contribution in [2.45, 2.75) is 20.8 Å². The molecule has 0 aliphatic heterocycles. The summed E-state index contributed by atoms with van der Waals surface area (Å²) in [6, 6.07) is 18.5. The van der Waals surface area contributed by atoms with E-state index in [-0.39, 0.29) is 0 Å². The molecule has 3 aromatic carbocycles. The lowest BCUT2D eigenvalue weighted by molar-refractivity contribution is -0.666. The molecule has 5 rings (SSSR count). The van der Waals surface area contributed by atoms with Crippen molar-refractivity contribution in [3.8, 4) is 22.4 Å². The van der Waals surface area contributed by atoms with Crippen molar-refractivity contribution in [3.63, 3.8) is 0 Å². The van der Waals surface area contributed by atoms with Crippen molar-refractivity contribution < 1.29 is 11.7 Å². The third kappa shape index (κ3) is 3.00. The first kappa shape index (κ1) is 16.8. The van der Waals surface area contributed by atoms with E-state index in [1.54, 1.807) is 6.07 Å². The van der Waals surface area contributed by atoms with Gasteiger partial charge in [0.2, 0.25) is 5.69 Å². The van der Waals surface area contributed by atoms with Gasteiger partial charge in [0.25, 0.3) is 0 Å². The molecule has 150 valence electrons. The van der Waals surface area contributed by atoms with Crippen LogP contribution in [-0.4, -0.2) is 0 Å². The Labute approximate surface area is 184 Å². The first-order chi connectivity index (χ1) is 15.8. The van der Waals surface area contributed by atoms with Crippen LogP contribution in [0.2, 0.25) is 0 Å². The summed E-state index contributed by atoms with van der Waals surface area (Å²) in [5.41, 5.74) is 8.08. The summed E-state index contributed by atoms with van der Waals surface area (Å²) in [7, 11) is 1.90. The largest absolute Gasteiger partial charge is 0.455 e. The molecule has 0 N–H and O–H groups in total. The highest BCUT2D eigenvalue weighted by atomic mass is 16.3. The zero-order valence-corrected chi connectivity index (χ0v) is 18.0. The van der Waals surface area contributed by atoms with Crippen molar-refractivity contribution in [2.24, 2.45) is 7.05 Å². The van der Waals surface area contributed by atoms with Gasteiger partial charge >= 0.3 is 0 Å². The van der Waals surface area contributed by atoms with E-state index in [4.69, 9.17) is 13.7 Å². The Kier molecular flexibility index (Phi) is 3.86. The maximum Gasteiger partial charge on any atom is 0.216 e. The number of hydrogen-bond donors (Lipinski definition) is 0. The molecule has 0 fully saturated rings. The predicted octanol–water partition coefficient (Wildman–Crippen LogP) is 7.22. The minimum Gasteiger partial charge on any atom is -0.455 e. The van der Waals surface area contributed by atoms with Gasteiger partial charge < -0.3 is 4.42 Å². The maximum absolute atomic E-state index is 8.88. The van der Waals surface area contributed by atoms with E-state index >= 15 is 0 Å². The zero-order chi connectivity index (χ0) is 23.4. The predicted molar refractivity (Wildman–Crippen MR) is 126 cm³/mol. The molecule has 0 unspecified atom stereocenters. The molecule has 0 aliphatic rings. The number of fused-ring (bicyclic) bond motifs is 3. The van der Waals surface area contributed by atoms with Crippen LogP contribution in [0.3, 0.4) is 0 Å². The van der Waals surface area contributed by atoms with Gasteiger partial charge in [-0.15, -0.1) is 0 Å². The quantitative estimate of drug-likeness (QED) is 0.224. The smallest absolute Gasteiger partial charge is 0.216 e. The Bertz CT molecular complexity index is 1600. The van der Waals surface area contributed by atoms with Crippen LogP contribution in [0.15, 0.2) is 71.1 Å². The monoisotopic (exact) mass is 405 g/mol. The Morgan fingerprint density at radius 1 is 1.00 bits per heavy atom. The Morgan fingerprint density at radius 2 is 1.77 bits per heavy atom. The number of nitrogens with zero attached hydrogens (tertiary/aromatic N) is 2. The van der Waals surface area contributed by atoms with E-state index in [1.807, 2.05) is 62.7 Å². The molecule has 0 bridgehead atoms. The number of aromatic nitrogens is 1. The van der Waals surface area contributed by atoms with Gasteiger partial charge in [0, 0.05) is 29.8 Å². The van der Waals surface area contributed by atoms with Crippen LogP contribution < -0.4 is 4.57 Å². The fraction of sp³-hybridized carbons (Fsp3) is 0.143. The molecular weight excluding hydrogens is 380 g/mol. The number of benzene rings is 3. The topological polar surface area (TPSA) is 21.4 Å². The van der Waals surface area contributed by atoms with E-state index in [2.05, 4.69) is 23.0 Å². The third-order valence-electron chi connectivity index (χ3n) is 5.89. The van der Waals surface area contributed by atoms with Gasteiger partial charge in [0.1, 0.15) is 18.2 Å². The van der Waals surface area contributed by atoms with Crippen LogP contribution in [0, 0.1) is 27.3 Å². The molecule has 0 spiro atoms. The fourth-order valence-electron chi connectivity index (χ4n) is 4.32. The third-order valence-corrected chi connectivity index (χ3v) is 5.89. The SMILES string of the molecule is [2H]c1c(C)c([2H])c(-c2c(C)cc(-c3ccccc3)c3c2oc2ccc([N+]#[C-])cc23)[n+](C)c1C. The van der Waals surface area contributed by atoms with Crippen LogP contribution in [0.4, 0.5) is 5.69 Å². The number of hydrogen-bond acceptors (Lipinski definition) is 1. The van der Waals surface area contributed by atoms with Crippen molar-refractivity contribution in [3.05, 3.63) is 94.9 Å². The van der Waals surface area contributed by atoms with Crippen LogP contribution in [-0.2, 0) is 7.05 Å². The summed E-state index contributed by atoms with van der Waals surface area (Å²) >= 11 is 0. The van der Waals surface area contributed by atoms with Gasteiger partial charge in [-0.25, -0.2) is 4.85 Å². The average Bonchev–Trinajstić information content (AvgIpc) is 3.21. The summed E-state index contributed by atoms with van der Waals surface area (Å²) in [6.45, 7) is 13.3. The van der Waals surface area contributed by atoms with Crippen molar-refractivity contribution in [2.75, 3.05) is 0 Å². The second-order valence-electron chi connectivity index (χ2n) is 7.95. The van der Waals surface area contributed by atoms with Gasteiger partial charge in [-0.2, -0.15) is 4.57 Å². The summed E-state index contributed by atoms with van der Waals surface area (Å²) in [5, 5.41) is 1.82. The summed E-state index contributed by atoms with van der Waals surface area (Å²) in [5.74, 6) is 0. The van der Waals surface area contributed by atoms with E-state index in [0.29, 0.717) is 34.5 Å². The molecule has 0 radical (unpaired) electrons. The van der Waals surface area contributed by atoms with Gasteiger partial charge in [0.15, 0.2) is 11.4 Å². The van der Waals surface area contributed by atoms with Crippen molar-refractivity contribution in [1.82, 2.24) is 0 Å². The lowest BCUT2D eigenvalue weighted by atomic mass is 9.92. The standard InChI is InChI=1S/C28H23N2O/c1-17-13-19(3)30(5)24(14-17)26-18(2)15-22(20-9-7-6-8-10-20)27-23-16-21(29-4)11-12-25(23)31-28(26)27/h6-16H,1-3,5H3/q+1/i13D,14D. The molecule has 3 heteroatoms. The van der Waals surface area contributed by atoms with Gasteiger partial charge in [-0.3, -0.25) is 0 Å². The second-order valence-corrected chi connectivity index (χ2v) is 7.95. The fourth-order valence-corrected chi connectivity index (χ4v) is 4.32. The van der Waals surface area contributed by atoms with E-state index in [1.165, 1.54) is 0 Å². The zero-order valence-electron chi connectivity index (χ0n) is 20.0. The molecule has 0 aliphatic carbocycles.